The van der Waals surface area contributed by atoms with Crippen molar-refractivity contribution in [2.75, 3.05) is 31.0 Å². The average Bonchev–Trinajstić information content (AvgIpc) is 2.98. The van der Waals surface area contributed by atoms with Crippen LogP contribution in [-0.4, -0.2) is 36.8 Å². The van der Waals surface area contributed by atoms with Crippen LogP contribution < -0.4 is 10.2 Å². The van der Waals surface area contributed by atoms with Crippen molar-refractivity contribution in [1.29, 1.82) is 0 Å². The molecule has 0 radical (unpaired) electrons. The summed E-state index contributed by atoms with van der Waals surface area (Å²) in [5.41, 5.74) is 4.18. The monoisotopic (exact) mass is 409 g/mol. The predicted molar refractivity (Wildman–Crippen MR) is 122 cm³/mol. The highest BCUT2D eigenvalue weighted by atomic mass is 32.2. The molecular formula is C23H27N3O2S. The fourth-order valence-corrected chi connectivity index (χ4v) is 3.84. The van der Waals surface area contributed by atoms with E-state index in [4.69, 9.17) is 0 Å². The van der Waals surface area contributed by atoms with E-state index in [9.17, 15) is 9.59 Å². The lowest BCUT2D eigenvalue weighted by Crippen LogP contribution is -2.33. The molecule has 0 aliphatic carbocycles. The van der Waals surface area contributed by atoms with Crippen molar-refractivity contribution >= 4 is 40.4 Å². The van der Waals surface area contributed by atoms with Gasteiger partial charge in [-0.05, 0) is 66.1 Å². The van der Waals surface area contributed by atoms with Crippen molar-refractivity contribution < 1.29 is 9.59 Å². The van der Waals surface area contributed by atoms with E-state index in [0.29, 0.717) is 4.91 Å². The number of unbranched alkanes of at least 4 members (excludes halogenated alkanes) is 1. The van der Waals surface area contributed by atoms with Gasteiger partial charge in [-0.15, -0.1) is 0 Å². The van der Waals surface area contributed by atoms with Crippen LogP contribution >= 0.6 is 11.8 Å². The van der Waals surface area contributed by atoms with Crippen molar-refractivity contribution in [3.63, 3.8) is 0 Å². The molecule has 2 aromatic rings. The first kappa shape index (κ1) is 21.0. The normalized spacial score (nSPS) is 15.3. The smallest absolute Gasteiger partial charge is 0.295 e. The summed E-state index contributed by atoms with van der Waals surface area (Å²) < 4.78 is 0. The minimum absolute atomic E-state index is 0.163. The summed E-state index contributed by atoms with van der Waals surface area (Å²) in [6.45, 7) is 2.34. The van der Waals surface area contributed by atoms with Gasteiger partial charge in [0.05, 0.1) is 11.6 Å². The molecule has 5 nitrogen and oxygen atoms in total. The molecule has 152 valence electrons. The molecule has 0 spiro atoms. The van der Waals surface area contributed by atoms with Crippen molar-refractivity contribution in [3.05, 3.63) is 64.6 Å². The van der Waals surface area contributed by atoms with Crippen molar-refractivity contribution in [3.8, 4) is 0 Å². The van der Waals surface area contributed by atoms with Crippen LogP contribution in [0.5, 0.6) is 0 Å². The van der Waals surface area contributed by atoms with Gasteiger partial charge in [-0.2, -0.15) is 0 Å². The van der Waals surface area contributed by atoms with Crippen LogP contribution in [0.3, 0.4) is 0 Å². The van der Waals surface area contributed by atoms with Gasteiger partial charge in [0.1, 0.15) is 0 Å². The number of aryl methyl sites for hydroxylation is 1. The van der Waals surface area contributed by atoms with Gasteiger partial charge in [-0.25, -0.2) is 0 Å². The van der Waals surface area contributed by atoms with E-state index in [2.05, 4.69) is 24.4 Å². The zero-order valence-electron chi connectivity index (χ0n) is 17.1. The Labute approximate surface area is 176 Å². The summed E-state index contributed by atoms with van der Waals surface area (Å²) in [6.07, 6.45) is 5.19. The van der Waals surface area contributed by atoms with E-state index in [1.54, 1.807) is 6.08 Å². The van der Waals surface area contributed by atoms with Gasteiger partial charge in [0, 0.05) is 25.5 Å². The standard InChI is InChI=1S/C23H27N3O2S/c1-4-5-6-17-7-11-19(12-8-17)24-16-26-22(27)21(29-23(26)28)15-18-9-13-20(14-10-18)25(2)3/h7-15,24H,4-6,16H2,1-3H3. The number of imide groups is 1. The zero-order chi connectivity index (χ0) is 20.8. The van der Waals surface area contributed by atoms with E-state index in [0.717, 1.165) is 35.1 Å². The maximum Gasteiger partial charge on any atom is 0.295 e. The predicted octanol–water partition coefficient (Wildman–Crippen LogP) is 5.20. The maximum absolute atomic E-state index is 12.7. The highest BCUT2D eigenvalue weighted by Gasteiger charge is 2.34. The molecule has 0 bridgehead atoms. The Bertz CT molecular complexity index is 889. The zero-order valence-corrected chi connectivity index (χ0v) is 18.0. The van der Waals surface area contributed by atoms with Gasteiger partial charge >= 0.3 is 0 Å². The Hall–Kier alpha value is -2.73. The van der Waals surface area contributed by atoms with E-state index in [-0.39, 0.29) is 17.8 Å². The Morgan fingerprint density at radius 3 is 2.34 bits per heavy atom. The number of carbonyl (C=O) groups is 2. The van der Waals surface area contributed by atoms with Crippen LogP contribution in [0, 0.1) is 0 Å². The summed E-state index contributed by atoms with van der Waals surface area (Å²) in [5.74, 6) is -0.260. The lowest BCUT2D eigenvalue weighted by molar-refractivity contribution is -0.122. The third-order valence-electron chi connectivity index (χ3n) is 4.80. The Morgan fingerprint density at radius 1 is 1.03 bits per heavy atom. The Kier molecular flexibility index (Phi) is 6.99. The minimum Gasteiger partial charge on any atom is -0.378 e. The van der Waals surface area contributed by atoms with Crippen LogP contribution in [0.2, 0.25) is 0 Å². The molecule has 2 aromatic carbocycles. The van der Waals surface area contributed by atoms with Gasteiger partial charge in [-0.3, -0.25) is 14.5 Å². The molecular weight excluding hydrogens is 382 g/mol. The van der Waals surface area contributed by atoms with Crippen LogP contribution in [0.25, 0.3) is 6.08 Å². The molecule has 1 fully saturated rings. The third kappa shape index (κ3) is 5.41. The maximum atomic E-state index is 12.7. The van der Waals surface area contributed by atoms with Crippen LogP contribution in [-0.2, 0) is 11.2 Å². The van der Waals surface area contributed by atoms with Gasteiger partial charge in [0.2, 0.25) is 0 Å². The van der Waals surface area contributed by atoms with E-state index >= 15 is 0 Å². The molecule has 1 saturated heterocycles. The van der Waals surface area contributed by atoms with Crippen molar-refractivity contribution in [2.24, 2.45) is 0 Å². The molecule has 1 heterocycles. The number of rotatable bonds is 8. The Morgan fingerprint density at radius 2 is 1.72 bits per heavy atom. The Balaban J connectivity index is 1.61. The average molecular weight is 410 g/mol. The number of hydrogen-bond acceptors (Lipinski definition) is 5. The lowest BCUT2D eigenvalue weighted by atomic mass is 10.1. The third-order valence-corrected chi connectivity index (χ3v) is 5.70. The molecule has 3 rings (SSSR count). The number of nitrogens with zero attached hydrogens (tertiary/aromatic N) is 2. The summed E-state index contributed by atoms with van der Waals surface area (Å²) in [7, 11) is 3.96. The van der Waals surface area contributed by atoms with Crippen molar-refractivity contribution in [1.82, 2.24) is 4.90 Å². The quantitative estimate of drug-likeness (QED) is 0.607. The largest absolute Gasteiger partial charge is 0.378 e. The second-order valence-electron chi connectivity index (χ2n) is 7.23. The van der Waals surface area contributed by atoms with Gasteiger partial charge in [0.15, 0.2) is 0 Å². The molecule has 0 aromatic heterocycles. The van der Waals surface area contributed by atoms with Gasteiger partial charge in [-0.1, -0.05) is 37.6 Å². The second kappa shape index (κ2) is 9.65. The minimum atomic E-state index is -0.260. The molecule has 29 heavy (non-hydrogen) atoms. The number of anilines is 2. The molecule has 1 aliphatic heterocycles. The van der Waals surface area contributed by atoms with E-state index in [1.165, 1.54) is 23.3 Å². The molecule has 0 saturated carbocycles. The summed E-state index contributed by atoms with van der Waals surface area (Å²) >= 11 is 0.982. The van der Waals surface area contributed by atoms with Crippen LogP contribution in [0.4, 0.5) is 16.2 Å². The number of benzene rings is 2. The topological polar surface area (TPSA) is 52.7 Å². The molecule has 0 atom stereocenters. The molecule has 6 heteroatoms. The fraction of sp³-hybridized carbons (Fsp3) is 0.304. The first-order valence-electron chi connectivity index (χ1n) is 9.83. The summed E-state index contributed by atoms with van der Waals surface area (Å²) in [6, 6.07) is 16.0. The van der Waals surface area contributed by atoms with E-state index < -0.39 is 0 Å². The number of hydrogen-bond donors (Lipinski definition) is 1. The molecule has 0 unspecified atom stereocenters. The second-order valence-corrected chi connectivity index (χ2v) is 8.22. The summed E-state index contributed by atoms with van der Waals surface area (Å²) in [5, 5.41) is 2.92. The highest BCUT2D eigenvalue weighted by Crippen LogP contribution is 2.32. The van der Waals surface area contributed by atoms with Crippen LogP contribution in [0.15, 0.2) is 53.4 Å². The highest BCUT2D eigenvalue weighted by molar-refractivity contribution is 8.18. The molecule has 1 aliphatic rings. The van der Waals surface area contributed by atoms with Gasteiger partial charge < -0.3 is 10.2 Å². The first-order valence-corrected chi connectivity index (χ1v) is 10.6. The molecule has 1 N–H and O–H groups in total. The summed E-state index contributed by atoms with van der Waals surface area (Å²) in [4.78, 5) is 28.7. The number of amides is 2. The molecule has 2 amide bonds. The number of carbonyl (C=O) groups excluding carboxylic acids is 2. The number of nitrogens with one attached hydrogen (secondary N) is 1. The van der Waals surface area contributed by atoms with Crippen LogP contribution in [0.1, 0.15) is 30.9 Å². The van der Waals surface area contributed by atoms with Crippen molar-refractivity contribution in [2.45, 2.75) is 26.2 Å². The van der Waals surface area contributed by atoms with Gasteiger partial charge in [0.25, 0.3) is 11.1 Å². The number of thioether (sulfide) groups is 1. The first-order chi connectivity index (χ1) is 14.0. The SMILES string of the molecule is CCCCc1ccc(NCN2C(=O)SC(=Cc3ccc(N(C)C)cc3)C2=O)cc1. The van der Waals surface area contributed by atoms with E-state index in [1.807, 2.05) is 55.4 Å². The fourth-order valence-electron chi connectivity index (χ4n) is 3.00. The lowest BCUT2D eigenvalue weighted by Gasteiger charge is -2.14.